The van der Waals surface area contributed by atoms with Crippen LogP contribution in [0.25, 0.3) is 0 Å². The highest BCUT2D eigenvalue weighted by molar-refractivity contribution is 6.17. The summed E-state index contributed by atoms with van der Waals surface area (Å²) in [5.74, 6) is 1.64. The lowest BCUT2D eigenvalue weighted by Gasteiger charge is -2.15. The lowest BCUT2D eigenvalue weighted by Crippen LogP contribution is -2.32. The molecule has 0 saturated carbocycles. The molecule has 0 heterocycles. The molecule has 0 aromatic heterocycles. The quantitative estimate of drug-likeness (QED) is 0.558. The molecule has 16 heavy (non-hydrogen) atoms. The van der Waals surface area contributed by atoms with E-state index in [9.17, 15) is 0 Å². The Kier molecular flexibility index (Phi) is 7.02. The molecule has 0 aliphatic carbocycles. The van der Waals surface area contributed by atoms with Crippen LogP contribution >= 0.6 is 11.6 Å². The van der Waals surface area contributed by atoms with E-state index in [2.05, 4.69) is 12.2 Å². The van der Waals surface area contributed by atoms with Crippen LogP contribution in [0.1, 0.15) is 19.8 Å². The van der Waals surface area contributed by atoms with E-state index in [4.69, 9.17) is 16.3 Å². The first kappa shape index (κ1) is 13.3. The number of benzene rings is 1. The molecule has 0 aliphatic rings. The maximum atomic E-state index is 5.71. The zero-order valence-electron chi connectivity index (χ0n) is 9.79. The van der Waals surface area contributed by atoms with Gasteiger partial charge < -0.3 is 10.1 Å². The van der Waals surface area contributed by atoms with Crippen LogP contribution in [0.2, 0.25) is 0 Å². The third-order valence-corrected chi connectivity index (χ3v) is 2.72. The van der Waals surface area contributed by atoms with E-state index in [1.165, 1.54) is 0 Å². The minimum Gasteiger partial charge on any atom is -0.492 e. The Balaban J connectivity index is 2.11. The van der Waals surface area contributed by atoms with Gasteiger partial charge in [0, 0.05) is 18.5 Å². The number of hydrogen-bond acceptors (Lipinski definition) is 2. The molecule has 0 radical (unpaired) electrons. The van der Waals surface area contributed by atoms with Crippen LogP contribution in [0.4, 0.5) is 0 Å². The maximum Gasteiger partial charge on any atom is 0.119 e. The van der Waals surface area contributed by atoms with Crippen LogP contribution in [0, 0.1) is 0 Å². The van der Waals surface area contributed by atoms with E-state index in [1.54, 1.807) is 0 Å². The van der Waals surface area contributed by atoms with Gasteiger partial charge in [0.2, 0.25) is 0 Å². The van der Waals surface area contributed by atoms with Gasteiger partial charge in [-0.1, -0.05) is 25.1 Å². The van der Waals surface area contributed by atoms with Gasteiger partial charge in [-0.2, -0.15) is 0 Å². The number of alkyl halides is 1. The predicted octanol–water partition coefficient (Wildman–Crippen LogP) is 3.06. The van der Waals surface area contributed by atoms with Crippen LogP contribution in [0.5, 0.6) is 5.75 Å². The van der Waals surface area contributed by atoms with Gasteiger partial charge >= 0.3 is 0 Å². The monoisotopic (exact) mass is 241 g/mol. The molecule has 1 N–H and O–H groups in total. The second-order valence-electron chi connectivity index (χ2n) is 3.70. The number of nitrogens with one attached hydrogen (secondary N) is 1. The third kappa shape index (κ3) is 5.38. The molecular formula is C13H20ClNO. The summed E-state index contributed by atoms with van der Waals surface area (Å²) < 4.78 is 5.58. The summed E-state index contributed by atoms with van der Waals surface area (Å²) in [5.41, 5.74) is 0. The molecule has 0 saturated heterocycles. The minimum absolute atomic E-state index is 0.511. The summed E-state index contributed by atoms with van der Waals surface area (Å²) in [4.78, 5) is 0. The molecular weight excluding hydrogens is 222 g/mol. The Morgan fingerprint density at radius 2 is 2.06 bits per heavy atom. The average Bonchev–Trinajstić information content (AvgIpc) is 2.34. The topological polar surface area (TPSA) is 21.3 Å². The van der Waals surface area contributed by atoms with Gasteiger partial charge in [-0.15, -0.1) is 11.6 Å². The van der Waals surface area contributed by atoms with Gasteiger partial charge in [0.15, 0.2) is 0 Å². The summed E-state index contributed by atoms with van der Waals surface area (Å²) in [6.45, 7) is 3.73. The first-order valence-electron chi connectivity index (χ1n) is 5.84. The number of rotatable bonds is 8. The summed E-state index contributed by atoms with van der Waals surface area (Å²) >= 11 is 5.71. The molecule has 1 aromatic rings. The van der Waals surface area contributed by atoms with Crippen molar-refractivity contribution in [3.05, 3.63) is 30.3 Å². The highest BCUT2D eigenvalue weighted by Crippen LogP contribution is 2.07. The zero-order valence-corrected chi connectivity index (χ0v) is 10.5. The largest absolute Gasteiger partial charge is 0.492 e. The van der Waals surface area contributed by atoms with Gasteiger partial charge in [-0.05, 0) is 25.0 Å². The maximum absolute atomic E-state index is 5.71. The Labute approximate surface area is 103 Å². The minimum atomic E-state index is 0.511. The summed E-state index contributed by atoms with van der Waals surface area (Å²) in [7, 11) is 0. The fourth-order valence-corrected chi connectivity index (χ4v) is 1.79. The Morgan fingerprint density at radius 3 is 2.69 bits per heavy atom. The van der Waals surface area contributed by atoms with E-state index in [0.717, 1.165) is 25.1 Å². The van der Waals surface area contributed by atoms with Crippen molar-refractivity contribution in [2.45, 2.75) is 25.8 Å². The van der Waals surface area contributed by atoms with E-state index in [-0.39, 0.29) is 0 Å². The van der Waals surface area contributed by atoms with Crippen molar-refractivity contribution in [1.29, 1.82) is 0 Å². The van der Waals surface area contributed by atoms with Crippen molar-refractivity contribution in [2.24, 2.45) is 0 Å². The third-order valence-electron chi connectivity index (χ3n) is 2.50. The fourth-order valence-electron chi connectivity index (χ4n) is 1.53. The summed E-state index contributed by atoms with van der Waals surface area (Å²) in [6.07, 6.45) is 2.13. The van der Waals surface area contributed by atoms with Crippen molar-refractivity contribution in [3.8, 4) is 5.75 Å². The fraction of sp³-hybridized carbons (Fsp3) is 0.538. The van der Waals surface area contributed by atoms with Crippen LogP contribution in [-0.4, -0.2) is 25.1 Å². The molecule has 0 bridgehead atoms. The van der Waals surface area contributed by atoms with Gasteiger partial charge in [-0.25, -0.2) is 0 Å². The van der Waals surface area contributed by atoms with Gasteiger partial charge in [-0.3, -0.25) is 0 Å². The smallest absolute Gasteiger partial charge is 0.119 e. The van der Waals surface area contributed by atoms with E-state index in [1.807, 2.05) is 30.3 Å². The molecule has 90 valence electrons. The number of hydrogen-bond donors (Lipinski definition) is 1. The Morgan fingerprint density at radius 1 is 1.31 bits per heavy atom. The molecule has 1 aromatic carbocycles. The van der Waals surface area contributed by atoms with Crippen molar-refractivity contribution < 1.29 is 4.74 Å². The van der Waals surface area contributed by atoms with Crippen LogP contribution < -0.4 is 10.1 Å². The second-order valence-corrected chi connectivity index (χ2v) is 4.08. The Hall–Kier alpha value is -0.730. The van der Waals surface area contributed by atoms with Gasteiger partial charge in [0.05, 0.1) is 0 Å². The van der Waals surface area contributed by atoms with E-state index < -0.39 is 0 Å². The summed E-state index contributed by atoms with van der Waals surface area (Å²) in [5, 5.41) is 3.43. The van der Waals surface area contributed by atoms with Crippen LogP contribution in [-0.2, 0) is 0 Å². The van der Waals surface area contributed by atoms with E-state index >= 15 is 0 Å². The lowest BCUT2D eigenvalue weighted by molar-refractivity contribution is 0.302. The van der Waals surface area contributed by atoms with E-state index in [0.29, 0.717) is 18.5 Å². The zero-order chi connectivity index (χ0) is 11.6. The molecule has 1 unspecified atom stereocenters. The van der Waals surface area contributed by atoms with Crippen LogP contribution in [0.15, 0.2) is 30.3 Å². The number of halogens is 1. The highest BCUT2D eigenvalue weighted by Gasteiger charge is 2.03. The lowest BCUT2D eigenvalue weighted by atomic mass is 10.2. The molecule has 0 amide bonds. The first-order chi connectivity index (χ1) is 7.86. The standard InChI is InChI=1S/C13H20ClNO/c1-2-12(8-9-14)15-10-11-16-13-6-4-3-5-7-13/h3-7,12,15H,2,8-11H2,1H3. The molecule has 0 spiro atoms. The summed E-state index contributed by atoms with van der Waals surface area (Å²) in [6, 6.07) is 10.4. The van der Waals surface area contributed by atoms with Gasteiger partial charge in [0.25, 0.3) is 0 Å². The normalized spacial score (nSPS) is 12.4. The molecule has 1 atom stereocenters. The highest BCUT2D eigenvalue weighted by atomic mass is 35.5. The number of para-hydroxylation sites is 1. The molecule has 1 rings (SSSR count). The second kappa shape index (κ2) is 8.43. The SMILES string of the molecule is CCC(CCCl)NCCOc1ccccc1. The van der Waals surface area contributed by atoms with Crippen molar-refractivity contribution in [2.75, 3.05) is 19.0 Å². The Bertz CT molecular complexity index is 266. The van der Waals surface area contributed by atoms with Crippen LogP contribution in [0.3, 0.4) is 0 Å². The molecule has 0 aliphatic heterocycles. The van der Waals surface area contributed by atoms with Crippen molar-refractivity contribution in [3.63, 3.8) is 0 Å². The average molecular weight is 242 g/mol. The van der Waals surface area contributed by atoms with Gasteiger partial charge in [0.1, 0.15) is 12.4 Å². The molecule has 3 heteroatoms. The van der Waals surface area contributed by atoms with Crippen molar-refractivity contribution >= 4 is 11.6 Å². The molecule has 0 fully saturated rings. The molecule has 2 nitrogen and oxygen atoms in total. The van der Waals surface area contributed by atoms with Crippen molar-refractivity contribution in [1.82, 2.24) is 5.32 Å². The number of ether oxygens (including phenoxy) is 1. The predicted molar refractivity (Wildman–Crippen MR) is 69.4 cm³/mol. The first-order valence-corrected chi connectivity index (χ1v) is 6.37.